The number of aromatic nitrogens is 2. The SMILES string of the molecule is C=CC(F)(F)c1nc(-c2cccnc2)sc1NC(=O)CCSC. The van der Waals surface area contributed by atoms with Crippen LogP contribution in [0.25, 0.3) is 10.6 Å². The van der Waals surface area contributed by atoms with E-state index in [1.807, 2.05) is 6.26 Å². The lowest BCUT2D eigenvalue weighted by Gasteiger charge is -2.11. The fourth-order valence-electron chi connectivity index (χ4n) is 1.72. The molecule has 0 unspecified atom stereocenters. The summed E-state index contributed by atoms with van der Waals surface area (Å²) in [7, 11) is 0. The van der Waals surface area contributed by atoms with Crippen molar-refractivity contribution in [1.82, 2.24) is 9.97 Å². The lowest BCUT2D eigenvalue weighted by atomic mass is 10.2. The first kappa shape index (κ1) is 17.6. The number of hydrogen-bond acceptors (Lipinski definition) is 5. The second-order valence-corrected chi connectivity index (χ2v) is 6.54. The molecular formula is C15H15F2N3OS2. The minimum absolute atomic E-state index is 0.0415. The van der Waals surface area contributed by atoms with Crippen molar-refractivity contribution in [2.75, 3.05) is 17.3 Å². The van der Waals surface area contributed by atoms with Gasteiger partial charge in [0.1, 0.15) is 15.7 Å². The van der Waals surface area contributed by atoms with Crippen molar-refractivity contribution in [3.05, 3.63) is 42.9 Å². The van der Waals surface area contributed by atoms with E-state index < -0.39 is 11.6 Å². The van der Waals surface area contributed by atoms with Gasteiger partial charge in [0.15, 0.2) is 0 Å². The topological polar surface area (TPSA) is 54.9 Å². The second kappa shape index (κ2) is 7.65. The van der Waals surface area contributed by atoms with Crippen molar-refractivity contribution in [2.24, 2.45) is 0 Å². The van der Waals surface area contributed by atoms with Crippen LogP contribution in [0.15, 0.2) is 37.2 Å². The maximum absolute atomic E-state index is 14.0. The molecule has 0 atom stereocenters. The zero-order chi connectivity index (χ0) is 16.9. The molecular weight excluding hydrogens is 340 g/mol. The van der Waals surface area contributed by atoms with Gasteiger partial charge in [-0.3, -0.25) is 9.78 Å². The highest BCUT2D eigenvalue weighted by atomic mass is 32.2. The van der Waals surface area contributed by atoms with Crippen LogP contribution in [0, 0.1) is 0 Å². The number of nitrogens with one attached hydrogen (secondary N) is 1. The number of amides is 1. The molecule has 122 valence electrons. The standard InChI is InChI=1S/C15H15F2N3OS2/c1-3-15(16,17)12-14(19-11(21)6-8-22-2)23-13(20-12)10-5-4-7-18-9-10/h3-5,7,9H,1,6,8H2,2H3,(H,19,21). The highest BCUT2D eigenvalue weighted by Crippen LogP contribution is 2.40. The summed E-state index contributed by atoms with van der Waals surface area (Å²) in [5.41, 5.74) is 0.122. The first-order valence-corrected chi connectivity index (χ1v) is 8.91. The Balaban J connectivity index is 2.37. The van der Waals surface area contributed by atoms with Crippen molar-refractivity contribution in [3.63, 3.8) is 0 Å². The molecule has 0 saturated carbocycles. The lowest BCUT2D eigenvalue weighted by Crippen LogP contribution is -2.17. The van der Waals surface area contributed by atoms with Crippen LogP contribution >= 0.6 is 23.1 Å². The average molecular weight is 355 g/mol. The van der Waals surface area contributed by atoms with Gasteiger partial charge in [0.25, 0.3) is 0 Å². The Labute approximate surface area is 141 Å². The maximum Gasteiger partial charge on any atom is 0.310 e. The number of carbonyl (C=O) groups excluding carboxylic acids is 1. The third-order valence-electron chi connectivity index (χ3n) is 2.89. The van der Waals surface area contributed by atoms with E-state index in [0.29, 0.717) is 22.4 Å². The molecule has 4 nitrogen and oxygen atoms in total. The summed E-state index contributed by atoms with van der Waals surface area (Å²) in [6, 6.07) is 3.42. The predicted octanol–water partition coefficient (Wildman–Crippen LogP) is 4.17. The molecule has 0 aromatic carbocycles. The van der Waals surface area contributed by atoms with Gasteiger partial charge in [-0.2, -0.15) is 20.5 Å². The maximum atomic E-state index is 14.0. The van der Waals surface area contributed by atoms with Gasteiger partial charge in [-0.05, 0) is 24.5 Å². The molecule has 0 bridgehead atoms. The zero-order valence-corrected chi connectivity index (χ0v) is 14.0. The molecule has 8 heteroatoms. The lowest BCUT2D eigenvalue weighted by molar-refractivity contribution is -0.115. The van der Waals surface area contributed by atoms with E-state index in [4.69, 9.17) is 0 Å². The largest absolute Gasteiger partial charge is 0.316 e. The van der Waals surface area contributed by atoms with Crippen molar-refractivity contribution in [3.8, 4) is 10.6 Å². The number of halogens is 2. The Morgan fingerprint density at radius 2 is 2.35 bits per heavy atom. The number of nitrogens with zero attached hydrogens (tertiary/aromatic N) is 2. The molecule has 0 aliphatic heterocycles. The summed E-state index contributed by atoms with van der Waals surface area (Å²) in [6.07, 6.45) is 5.76. The Hall–Kier alpha value is -1.80. The Bertz CT molecular complexity index is 689. The summed E-state index contributed by atoms with van der Waals surface area (Å²) >= 11 is 2.51. The highest BCUT2D eigenvalue weighted by molar-refractivity contribution is 7.98. The first-order valence-electron chi connectivity index (χ1n) is 6.70. The van der Waals surface area contributed by atoms with Gasteiger partial charge in [0.2, 0.25) is 5.91 Å². The molecule has 1 N–H and O–H groups in total. The summed E-state index contributed by atoms with van der Waals surface area (Å²) in [4.78, 5) is 19.8. The van der Waals surface area contributed by atoms with E-state index in [0.717, 1.165) is 11.3 Å². The smallest absolute Gasteiger partial charge is 0.310 e. The summed E-state index contributed by atoms with van der Waals surface area (Å²) in [5.74, 6) is -3.02. The van der Waals surface area contributed by atoms with Crippen LogP contribution in [0.1, 0.15) is 12.1 Å². The first-order chi connectivity index (χ1) is 11.0. The number of hydrogen-bond donors (Lipinski definition) is 1. The van der Waals surface area contributed by atoms with E-state index in [1.54, 1.807) is 18.3 Å². The number of anilines is 1. The molecule has 1 amide bonds. The summed E-state index contributed by atoms with van der Waals surface area (Å²) in [5, 5.41) is 2.94. The van der Waals surface area contributed by atoms with Gasteiger partial charge in [-0.25, -0.2) is 4.98 Å². The monoisotopic (exact) mass is 355 g/mol. The van der Waals surface area contributed by atoms with Crippen molar-refractivity contribution >= 4 is 34.0 Å². The number of thioether (sulfide) groups is 1. The van der Waals surface area contributed by atoms with Crippen LogP contribution in [0.3, 0.4) is 0 Å². The summed E-state index contributed by atoms with van der Waals surface area (Å²) in [6.45, 7) is 3.15. The van der Waals surface area contributed by atoms with Crippen LogP contribution in [-0.4, -0.2) is 27.9 Å². The fourth-order valence-corrected chi connectivity index (χ4v) is 3.13. The van der Waals surface area contributed by atoms with Gasteiger partial charge in [-0.1, -0.05) is 17.9 Å². The van der Waals surface area contributed by atoms with Gasteiger partial charge < -0.3 is 5.32 Å². The highest BCUT2D eigenvalue weighted by Gasteiger charge is 2.35. The normalized spacial score (nSPS) is 11.3. The van der Waals surface area contributed by atoms with Crippen LogP contribution in [-0.2, 0) is 10.7 Å². The fraction of sp³-hybridized carbons (Fsp3) is 0.267. The third kappa shape index (κ3) is 4.35. The number of rotatable bonds is 7. The van der Waals surface area contributed by atoms with Crippen molar-refractivity contribution < 1.29 is 13.6 Å². The number of carbonyl (C=O) groups is 1. The molecule has 0 aliphatic rings. The molecule has 2 aromatic rings. The van der Waals surface area contributed by atoms with Crippen LogP contribution in [0.2, 0.25) is 0 Å². The third-order valence-corrected chi connectivity index (χ3v) is 4.53. The number of allylic oxidation sites excluding steroid dienone is 1. The molecule has 2 rings (SSSR count). The molecule has 0 spiro atoms. The predicted molar refractivity (Wildman–Crippen MR) is 91.1 cm³/mol. The molecule has 2 heterocycles. The minimum atomic E-state index is -3.32. The van der Waals surface area contributed by atoms with E-state index in [1.165, 1.54) is 18.0 Å². The second-order valence-electron chi connectivity index (χ2n) is 4.56. The van der Waals surface area contributed by atoms with E-state index in [9.17, 15) is 13.6 Å². The van der Waals surface area contributed by atoms with Gasteiger partial charge >= 0.3 is 5.92 Å². The van der Waals surface area contributed by atoms with E-state index in [-0.39, 0.29) is 17.3 Å². The van der Waals surface area contributed by atoms with Gasteiger partial charge in [-0.15, -0.1) is 0 Å². The minimum Gasteiger partial charge on any atom is -0.316 e. The molecule has 0 aliphatic carbocycles. The number of alkyl halides is 2. The Kier molecular flexibility index (Phi) is 5.84. The summed E-state index contributed by atoms with van der Waals surface area (Å²) < 4.78 is 28.1. The molecule has 2 aromatic heterocycles. The van der Waals surface area contributed by atoms with Crippen LogP contribution < -0.4 is 5.32 Å². The number of thiazole rings is 1. The molecule has 0 radical (unpaired) electrons. The molecule has 0 saturated heterocycles. The number of pyridine rings is 1. The van der Waals surface area contributed by atoms with E-state index >= 15 is 0 Å². The molecule has 23 heavy (non-hydrogen) atoms. The Morgan fingerprint density at radius 1 is 1.57 bits per heavy atom. The zero-order valence-electron chi connectivity index (χ0n) is 12.4. The van der Waals surface area contributed by atoms with Crippen LogP contribution in [0.5, 0.6) is 0 Å². The molecule has 0 fully saturated rings. The average Bonchev–Trinajstić information content (AvgIpc) is 2.98. The van der Waals surface area contributed by atoms with Crippen molar-refractivity contribution in [2.45, 2.75) is 12.3 Å². The van der Waals surface area contributed by atoms with Crippen LogP contribution in [0.4, 0.5) is 13.8 Å². The Morgan fingerprint density at radius 3 is 2.96 bits per heavy atom. The quantitative estimate of drug-likeness (QED) is 0.757. The van der Waals surface area contributed by atoms with Gasteiger partial charge in [0.05, 0.1) is 0 Å². The van der Waals surface area contributed by atoms with Crippen molar-refractivity contribution in [1.29, 1.82) is 0 Å². The van der Waals surface area contributed by atoms with Gasteiger partial charge in [0, 0.05) is 30.1 Å². The van der Waals surface area contributed by atoms with E-state index in [2.05, 4.69) is 21.9 Å².